The van der Waals surface area contributed by atoms with Crippen molar-refractivity contribution in [3.63, 3.8) is 0 Å². The van der Waals surface area contributed by atoms with Crippen LogP contribution in [0, 0.1) is 0 Å². The van der Waals surface area contributed by atoms with Crippen LogP contribution >= 0.6 is 11.8 Å². The topological polar surface area (TPSA) is 0 Å². The summed E-state index contributed by atoms with van der Waals surface area (Å²) in [6.07, 6.45) is 13.4. The summed E-state index contributed by atoms with van der Waals surface area (Å²) in [4.78, 5) is 1.40. The van der Waals surface area contributed by atoms with E-state index < -0.39 is 0 Å². The first-order valence-electron chi connectivity index (χ1n) is 5.65. The maximum absolute atomic E-state index is 3.35. The number of hydrogen-bond acceptors (Lipinski definition) is 1. The van der Waals surface area contributed by atoms with Crippen LogP contribution in [0.2, 0.25) is 0 Å². The maximum Gasteiger partial charge on any atom is 0.0235 e. The summed E-state index contributed by atoms with van der Waals surface area (Å²) in [6.45, 7) is 0. The zero-order valence-electron chi connectivity index (χ0n) is 8.75. The molecule has 0 unspecified atom stereocenters. The molecule has 0 aromatic rings. The van der Waals surface area contributed by atoms with Crippen molar-refractivity contribution in [1.82, 2.24) is 0 Å². The Hall–Kier alpha value is -0.910. The van der Waals surface area contributed by atoms with Gasteiger partial charge >= 0.3 is 0 Å². The Morgan fingerprint density at radius 3 is 3.00 bits per heavy atom. The third-order valence-corrected chi connectivity index (χ3v) is 4.10. The molecule has 0 aromatic heterocycles. The predicted molar refractivity (Wildman–Crippen MR) is 66.5 cm³/mol. The zero-order valence-corrected chi connectivity index (χ0v) is 9.57. The molecule has 0 nitrogen and oxygen atoms in total. The molecule has 76 valence electrons. The van der Waals surface area contributed by atoms with Crippen molar-refractivity contribution in [1.29, 1.82) is 0 Å². The summed E-state index contributed by atoms with van der Waals surface area (Å²) >= 11 is 1.80. The molecular weight excluding hydrogens is 200 g/mol. The van der Waals surface area contributed by atoms with Gasteiger partial charge < -0.3 is 0 Å². The predicted octanol–water partition coefficient (Wildman–Crippen LogP) is 4.49. The highest BCUT2D eigenvalue weighted by molar-refractivity contribution is 8.06. The van der Waals surface area contributed by atoms with Crippen molar-refractivity contribution in [3.8, 4) is 0 Å². The van der Waals surface area contributed by atoms with Crippen molar-refractivity contribution < 1.29 is 0 Å². The summed E-state index contributed by atoms with van der Waals surface area (Å²) < 4.78 is 0. The second-order valence-electron chi connectivity index (χ2n) is 4.23. The molecule has 1 aliphatic heterocycles. The monoisotopic (exact) mass is 214 g/mol. The first-order chi connectivity index (χ1) is 7.43. The Labute approximate surface area is 95.1 Å². The Balaban J connectivity index is 1.89. The Kier molecular flexibility index (Phi) is 2.44. The van der Waals surface area contributed by atoms with Crippen LogP contribution in [0.5, 0.6) is 0 Å². The normalized spacial score (nSPS) is 24.0. The highest BCUT2D eigenvalue weighted by atomic mass is 32.2. The number of thioether (sulfide) groups is 1. The van der Waals surface area contributed by atoms with E-state index in [1.54, 1.807) is 17.3 Å². The summed E-state index contributed by atoms with van der Waals surface area (Å²) in [5.41, 5.74) is 7.85. The molecular formula is C14H14S. The van der Waals surface area contributed by atoms with Gasteiger partial charge in [-0.2, -0.15) is 0 Å². The smallest absolute Gasteiger partial charge is 0.0235 e. The third kappa shape index (κ3) is 1.78. The molecule has 0 saturated heterocycles. The summed E-state index contributed by atoms with van der Waals surface area (Å²) in [5.74, 6) is 0. The SMILES string of the molecule is C1=CSC2=CC=C(C3=CCCCC3)CC=12. The second-order valence-corrected chi connectivity index (χ2v) is 5.14. The molecule has 2 aliphatic carbocycles. The van der Waals surface area contributed by atoms with Gasteiger partial charge in [-0.3, -0.25) is 0 Å². The van der Waals surface area contributed by atoms with E-state index in [0.717, 1.165) is 6.42 Å². The van der Waals surface area contributed by atoms with Crippen molar-refractivity contribution >= 4 is 11.8 Å². The third-order valence-electron chi connectivity index (χ3n) is 3.22. The minimum absolute atomic E-state index is 1.10. The maximum atomic E-state index is 3.35. The van der Waals surface area contributed by atoms with Crippen molar-refractivity contribution in [2.24, 2.45) is 0 Å². The lowest BCUT2D eigenvalue weighted by atomic mass is 9.88. The van der Waals surface area contributed by atoms with Crippen LogP contribution in [0.3, 0.4) is 0 Å². The molecule has 3 rings (SSSR count). The van der Waals surface area contributed by atoms with Crippen LogP contribution in [0.15, 0.2) is 51.0 Å². The second kappa shape index (κ2) is 3.92. The number of fused-ring (bicyclic) bond motifs is 1. The zero-order chi connectivity index (χ0) is 10.1. The highest BCUT2D eigenvalue weighted by Crippen LogP contribution is 2.39. The average molecular weight is 214 g/mol. The largest absolute Gasteiger partial charge is 0.109 e. The molecule has 0 atom stereocenters. The molecule has 1 heterocycles. The van der Waals surface area contributed by atoms with Gasteiger partial charge in [0.1, 0.15) is 0 Å². The summed E-state index contributed by atoms with van der Waals surface area (Å²) in [6, 6.07) is 0. The van der Waals surface area contributed by atoms with Gasteiger partial charge in [-0.05, 0) is 42.9 Å². The lowest BCUT2D eigenvalue weighted by Gasteiger charge is -2.19. The van der Waals surface area contributed by atoms with Crippen LogP contribution in [0.25, 0.3) is 0 Å². The quantitative estimate of drug-likeness (QED) is 0.580. The average Bonchev–Trinajstić information content (AvgIpc) is 2.77. The van der Waals surface area contributed by atoms with Gasteiger partial charge in [0.25, 0.3) is 0 Å². The van der Waals surface area contributed by atoms with Crippen molar-refractivity contribution in [2.45, 2.75) is 32.1 Å². The van der Waals surface area contributed by atoms with Crippen LogP contribution in [0.1, 0.15) is 32.1 Å². The van der Waals surface area contributed by atoms with E-state index in [2.05, 4.69) is 29.4 Å². The molecule has 0 radical (unpaired) electrons. The lowest BCUT2D eigenvalue weighted by Crippen LogP contribution is -2.00. The standard InChI is InChI=1S/C14H14S/c1-2-4-11(5-3-1)12-6-7-14-13(10-12)8-9-15-14/h4,6-7,9H,1-3,5,10H2. The fraction of sp³-hybridized carbons (Fsp3) is 0.357. The van der Waals surface area contributed by atoms with Crippen LogP contribution in [-0.4, -0.2) is 0 Å². The lowest BCUT2D eigenvalue weighted by molar-refractivity contribution is 0.702. The van der Waals surface area contributed by atoms with Crippen LogP contribution < -0.4 is 0 Å². The van der Waals surface area contributed by atoms with E-state index >= 15 is 0 Å². The molecule has 3 aliphatic rings. The van der Waals surface area contributed by atoms with Gasteiger partial charge in [-0.25, -0.2) is 0 Å². The van der Waals surface area contributed by atoms with Crippen LogP contribution in [0.4, 0.5) is 0 Å². The Bertz CT molecular complexity index is 440. The van der Waals surface area contributed by atoms with E-state index in [1.807, 2.05) is 0 Å². The summed E-state index contributed by atoms with van der Waals surface area (Å²) in [7, 11) is 0. The van der Waals surface area contributed by atoms with Gasteiger partial charge in [-0.1, -0.05) is 23.9 Å². The first kappa shape index (κ1) is 9.33. The van der Waals surface area contributed by atoms with Crippen molar-refractivity contribution in [3.05, 3.63) is 51.0 Å². The minimum Gasteiger partial charge on any atom is -0.109 e. The molecule has 15 heavy (non-hydrogen) atoms. The molecule has 0 aromatic carbocycles. The number of hydrogen-bond donors (Lipinski definition) is 0. The van der Waals surface area contributed by atoms with Gasteiger partial charge in [0.2, 0.25) is 0 Å². The molecule has 1 heteroatoms. The fourth-order valence-corrected chi connectivity index (χ4v) is 3.11. The number of rotatable bonds is 1. The molecule has 0 fully saturated rings. The number of allylic oxidation sites excluding steroid dienone is 6. The van der Waals surface area contributed by atoms with E-state index in [-0.39, 0.29) is 0 Å². The van der Waals surface area contributed by atoms with E-state index in [0.29, 0.717) is 0 Å². The molecule has 0 saturated carbocycles. The minimum atomic E-state index is 1.10. The van der Waals surface area contributed by atoms with Crippen LogP contribution in [-0.2, 0) is 0 Å². The Morgan fingerprint density at radius 1 is 1.13 bits per heavy atom. The van der Waals surface area contributed by atoms with E-state index in [1.165, 1.54) is 41.7 Å². The highest BCUT2D eigenvalue weighted by Gasteiger charge is 2.17. The van der Waals surface area contributed by atoms with Crippen molar-refractivity contribution in [2.75, 3.05) is 0 Å². The van der Waals surface area contributed by atoms with Gasteiger partial charge in [0.15, 0.2) is 0 Å². The molecule has 0 N–H and O–H groups in total. The molecule has 0 amide bonds. The fourth-order valence-electron chi connectivity index (χ4n) is 2.36. The Morgan fingerprint density at radius 2 is 2.13 bits per heavy atom. The molecule has 0 spiro atoms. The van der Waals surface area contributed by atoms with E-state index in [4.69, 9.17) is 0 Å². The molecule has 0 bridgehead atoms. The van der Waals surface area contributed by atoms with E-state index in [9.17, 15) is 0 Å². The van der Waals surface area contributed by atoms with Gasteiger partial charge in [0, 0.05) is 22.3 Å². The first-order valence-corrected chi connectivity index (χ1v) is 6.53. The summed E-state index contributed by atoms with van der Waals surface area (Å²) in [5, 5.41) is 2.08. The van der Waals surface area contributed by atoms with Gasteiger partial charge in [-0.15, -0.1) is 5.73 Å². The van der Waals surface area contributed by atoms with Gasteiger partial charge in [0.05, 0.1) is 0 Å².